The molecule has 2 aromatic rings. The highest BCUT2D eigenvalue weighted by molar-refractivity contribution is 7.99. The zero-order valence-corrected chi connectivity index (χ0v) is 15.5. The van der Waals surface area contributed by atoms with Gasteiger partial charge in [0, 0.05) is 19.7 Å². The third-order valence-corrected chi connectivity index (χ3v) is 5.68. The fraction of sp³-hybridized carbons (Fsp3) is 0.444. The van der Waals surface area contributed by atoms with Crippen molar-refractivity contribution in [3.05, 3.63) is 34.6 Å². The second kappa shape index (κ2) is 7.69. The number of carbonyl (C=O) groups excluding carboxylic acids is 2. The van der Waals surface area contributed by atoms with E-state index in [0.29, 0.717) is 42.3 Å². The van der Waals surface area contributed by atoms with Crippen LogP contribution < -0.4 is 10.9 Å². The van der Waals surface area contributed by atoms with Crippen LogP contribution in [-0.2, 0) is 16.1 Å². The Morgan fingerprint density at radius 1 is 1.33 bits per heavy atom. The number of nitrogens with one attached hydrogen (secondary N) is 1. The maximum Gasteiger partial charge on any atom is 0.324 e. The standard InChI is InChI=1S/C18H20N4O4S/c23-15(21-8-7-19-17(21)25)11-27-18-20-14-6-2-1-5-13(14)16(24)22(18)10-12-4-3-9-26-12/h1-2,5-6,12H,3-4,7-11H2,(H,19,25)/t12-/m1/s1. The molecule has 2 aliphatic rings. The van der Waals surface area contributed by atoms with Crippen LogP contribution in [0.4, 0.5) is 4.79 Å². The Kier molecular flexibility index (Phi) is 5.13. The summed E-state index contributed by atoms with van der Waals surface area (Å²) < 4.78 is 7.27. The Labute approximate surface area is 159 Å². The van der Waals surface area contributed by atoms with Gasteiger partial charge in [-0.05, 0) is 25.0 Å². The van der Waals surface area contributed by atoms with Crippen molar-refractivity contribution in [1.29, 1.82) is 0 Å². The molecule has 1 atom stereocenters. The molecule has 4 rings (SSSR count). The summed E-state index contributed by atoms with van der Waals surface area (Å²) in [5, 5.41) is 3.63. The molecule has 3 heterocycles. The third-order valence-electron chi connectivity index (χ3n) is 4.72. The van der Waals surface area contributed by atoms with Crippen molar-refractivity contribution in [2.45, 2.75) is 30.6 Å². The molecular weight excluding hydrogens is 368 g/mol. The monoisotopic (exact) mass is 388 g/mol. The summed E-state index contributed by atoms with van der Waals surface area (Å²) >= 11 is 1.18. The van der Waals surface area contributed by atoms with Gasteiger partial charge in [0.25, 0.3) is 5.56 Å². The minimum atomic E-state index is -0.371. The van der Waals surface area contributed by atoms with Crippen LogP contribution in [0, 0.1) is 0 Å². The third kappa shape index (κ3) is 3.70. The van der Waals surface area contributed by atoms with Crippen molar-refractivity contribution in [2.24, 2.45) is 0 Å². The van der Waals surface area contributed by atoms with Gasteiger partial charge in [0.05, 0.1) is 29.3 Å². The van der Waals surface area contributed by atoms with Gasteiger partial charge < -0.3 is 10.1 Å². The van der Waals surface area contributed by atoms with E-state index in [9.17, 15) is 14.4 Å². The largest absolute Gasteiger partial charge is 0.376 e. The molecule has 0 unspecified atom stereocenters. The molecule has 0 aliphatic carbocycles. The number of hydrogen-bond donors (Lipinski definition) is 1. The Balaban J connectivity index is 1.62. The molecule has 2 aliphatic heterocycles. The first kappa shape index (κ1) is 18.0. The average molecular weight is 388 g/mol. The van der Waals surface area contributed by atoms with Crippen LogP contribution in [0.5, 0.6) is 0 Å². The smallest absolute Gasteiger partial charge is 0.324 e. The summed E-state index contributed by atoms with van der Waals surface area (Å²) in [5.41, 5.74) is 0.463. The van der Waals surface area contributed by atoms with Gasteiger partial charge >= 0.3 is 6.03 Å². The fourth-order valence-corrected chi connectivity index (χ4v) is 4.21. The number of nitrogens with zero attached hydrogens (tertiary/aromatic N) is 3. The highest BCUT2D eigenvalue weighted by atomic mass is 32.2. The summed E-state index contributed by atoms with van der Waals surface area (Å²) in [6.07, 6.45) is 1.85. The van der Waals surface area contributed by atoms with E-state index in [2.05, 4.69) is 10.3 Å². The number of ether oxygens (including phenoxy) is 1. The molecule has 0 bridgehead atoms. The van der Waals surface area contributed by atoms with Crippen LogP contribution in [0.3, 0.4) is 0 Å². The number of benzene rings is 1. The molecule has 2 fully saturated rings. The molecule has 3 amide bonds. The van der Waals surface area contributed by atoms with E-state index in [0.717, 1.165) is 12.8 Å². The number of carbonyl (C=O) groups is 2. The Morgan fingerprint density at radius 3 is 2.93 bits per heavy atom. The quantitative estimate of drug-likeness (QED) is 0.611. The molecule has 2 saturated heterocycles. The van der Waals surface area contributed by atoms with Gasteiger partial charge in [-0.3, -0.25) is 19.1 Å². The average Bonchev–Trinajstić information content (AvgIpc) is 3.34. The number of urea groups is 1. The first-order valence-corrected chi connectivity index (χ1v) is 9.94. The molecular formula is C18H20N4O4S. The lowest BCUT2D eigenvalue weighted by Crippen LogP contribution is -2.35. The summed E-state index contributed by atoms with van der Waals surface area (Å²) in [4.78, 5) is 42.8. The zero-order valence-electron chi connectivity index (χ0n) is 14.7. The lowest BCUT2D eigenvalue weighted by molar-refractivity contribution is -0.124. The molecule has 142 valence electrons. The molecule has 8 nitrogen and oxygen atoms in total. The number of fused-ring (bicyclic) bond motifs is 1. The second-order valence-electron chi connectivity index (χ2n) is 6.53. The van der Waals surface area contributed by atoms with Gasteiger partial charge in [-0.2, -0.15) is 0 Å². The first-order chi connectivity index (χ1) is 13.1. The van der Waals surface area contributed by atoms with Crippen molar-refractivity contribution in [2.75, 3.05) is 25.4 Å². The predicted octanol–water partition coefficient (Wildman–Crippen LogP) is 1.22. The molecule has 9 heteroatoms. The summed E-state index contributed by atoms with van der Waals surface area (Å²) in [7, 11) is 0. The van der Waals surface area contributed by atoms with Crippen LogP contribution in [-0.4, -0.2) is 57.9 Å². The summed E-state index contributed by atoms with van der Waals surface area (Å²) in [6, 6.07) is 6.80. The topological polar surface area (TPSA) is 93.5 Å². The van der Waals surface area contributed by atoms with Gasteiger partial charge in [-0.1, -0.05) is 23.9 Å². The fourth-order valence-electron chi connectivity index (χ4n) is 3.32. The van der Waals surface area contributed by atoms with Crippen molar-refractivity contribution in [1.82, 2.24) is 19.8 Å². The van der Waals surface area contributed by atoms with Crippen molar-refractivity contribution < 1.29 is 14.3 Å². The van der Waals surface area contributed by atoms with Crippen LogP contribution in [0.2, 0.25) is 0 Å². The predicted molar refractivity (Wildman–Crippen MR) is 101 cm³/mol. The van der Waals surface area contributed by atoms with E-state index in [1.165, 1.54) is 16.7 Å². The number of hydrogen-bond acceptors (Lipinski definition) is 6. The number of imide groups is 1. The van der Waals surface area contributed by atoms with E-state index < -0.39 is 0 Å². The first-order valence-electron chi connectivity index (χ1n) is 8.95. The maximum absolute atomic E-state index is 13.0. The van der Waals surface area contributed by atoms with Crippen molar-refractivity contribution in [3.8, 4) is 0 Å². The van der Waals surface area contributed by atoms with Crippen LogP contribution in [0.1, 0.15) is 12.8 Å². The maximum atomic E-state index is 13.0. The Bertz CT molecular complexity index is 939. The van der Waals surface area contributed by atoms with Crippen molar-refractivity contribution in [3.63, 3.8) is 0 Å². The summed E-state index contributed by atoms with van der Waals surface area (Å²) in [5.74, 6) is -0.245. The lowest BCUT2D eigenvalue weighted by atomic mass is 10.2. The lowest BCUT2D eigenvalue weighted by Gasteiger charge is -2.17. The van der Waals surface area contributed by atoms with Gasteiger partial charge in [-0.25, -0.2) is 9.78 Å². The normalized spacial score (nSPS) is 19.6. The SMILES string of the molecule is O=C(CSc1nc2ccccc2c(=O)n1C[C@H]1CCCO1)N1CCNC1=O. The van der Waals surface area contributed by atoms with Gasteiger partial charge in [0.2, 0.25) is 5.91 Å². The van der Waals surface area contributed by atoms with E-state index in [1.54, 1.807) is 16.7 Å². The summed E-state index contributed by atoms with van der Waals surface area (Å²) in [6.45, 7) is 1.95. The number of para-hydroxylation sites is 1. The van der Waals surface area contributed by atoms with E-state index in [4.69, 9.17) is 4.74 Å². The van der Waals surface area contributed by atoms with Crippen LogP contribution in [0.15, 0.2) is 34.2 Å². The minimum absolute atomic E-state index is 0.0231. The Morgan fingerprint density at radius 2 is 2.19 bits per heavy atom. The highest BCUT2D eigenvalue weighted by Crippen LogP contribution is 2.21. The number of thioether (sulfide) groups is 1. The molecule has 1 aromatic heterocycles. The van der Waals surface area contributed by atoms with Crippen molar-refractivity contribution >= 4 is 34.6 Å². The number of aromatic nitrogens is 2. The number of rotatable bonds is 5. The van der Waals surface area contributed by atoms with Gasteiger partial charge in [0.15, 0.2) is 5.16 Å². The highest BCUT2D eigenvalue weighted by Gasteiger charge is 2.27. The van der Waals surface area contributed by atoms with Gasteiger partial charge in [-0.15, -0.1) is 0 Å². The number of amides is 3. The molecule has 0 radical (unpaired) electrons. The van der Waals surface area contributed by atoms with Gasteiger partial charge in [0.1, 0.15) is 0 Å². The van der Waals surface area contributed by atoms with E-state index in [1.807, 2.05) is 12.1 Å². The molecule has 1 N–H and O–H groups in total. The molecule has 27 heavy (non-hydrogen) atoms. The molecule has 1 aromatic carbocycles. The van der Waals surface area contributed by atoms with E-state index in [-0.39, 0.29) is 29.4 Å². The molecule has 0 spiro atoms. The minimum Gasteiger partial charge on any atom is -0.376 e. The van der Waals surface area contributed by atoms with Crippen LogP contribution >= 0.6 is 11.8 Å². The Hall–Kier alpha value is -2.39. The van der Waals surface area contributed by atoms with E-state index >= 15 is 0 Å². The molecule has 0 saturated carbocycles. The van der Waals surface area contributed by atoms with Crippen LogP contribution in [0.25, 0.3) is 10.9 Å². The zero-order chi connectivity index (χ0) is 18.8. The second-order valence-corrected chi connectivity index (χ2v) is 7.47.